The third-order valence-corrected chi connectivity index (χ3v) is 2.65. The summed E-state index contributed by atoms with van der Waals surface area (Å²) in [5.74, 6) is -1.05. The van der Waals surface area contributed by atoms with Crippen molar-refractivity contribution >= 4 is 5.91 Å². The van der Waals surface area contributed by atoms with Gasteiger partial charge in [-0.2, -0.15) is 0 Å². The Morgan fingerprint density at radius 2 is 2.37 bits per heavy atom. The van der Waals surface area contributed by atoms with Crippen molar-refractivity contribution in [3.63, 3.8) is 0 Å². The third kappa shape index (κ3) is 2.48. The highest BCUT2D eigenvalue weighted by atomic mass is 16.6. The van der Waals surface area contributed by atoms with Crippen LogP contribution in [0, 0.1) is 0 Å². The van der Waals surface area contributed by atoms with Crippen LogP contribution in [0.15, 0.2) is 11.4 Å². The summed E-state index contributed by atoms with van der Waals surface area (Å²) in [6.45, 7) is -0.136. The SMILES string of the molecule is [N-]=[N+]=NCC1OC(n2cnc(C(N)=O)n2)C(O)C1O. The standard InChI is InChI=1S/C8H11N7O4/c9-6(18)7-11-2-15(13-7)8-5(17)4(16)3(19-8)1-12-14-10/h2-5,8,16-17H,1H2,(H2,9,18). The minimum absolute atomic E-state index is 0.136. The summed E-state index contributed by atoms with van der Waals surface area (Å²) in [5, 5.41) is 26.5. The first-order valence-corrected chi connectivity index (χ1v) is 5.28. The van der Waals surface area contributed by atoms with Gasteiger partial charge in [-0.15, -0.1) is 5.10 Å². The molecule has 1 amide bonds. The maximum atomic E-state index is 10.9. The number of nitrogens with zero attached hydrogens (tertiary/aromatic N) is 6. The van der Waals surface area contributed by atoms with E-state index in [9.17, 15) is 15.0 Å². The number of amides is 1. The van der Waals surface area contributed by atoms with E-state index in [-0.39, 0.29) is 12.4 Å². The second kappa shape index (κ2) is 5.20. The number of ether oxygens (including phenoxy) is 1. The van der Waals surface area contributed by atoms with E-state index in [1.165, 1.54) is 0 Å². The molecule has 2 rings (SSSR count). The van der Waals surface area contributed by atoms with Crippen LogP contribution >= 0.6 is 0 Å². The Labute approximate surface area is 106 Å². The van der Waals surface area contributed by atoms with Crippen molar-refractivity contribution in [3.8, 4) is 0 Å². The Kier molecular flexibility index (Phi) is 3.62. The molecule has 19 heavy (non-hydrogen) atoms. The van der Waals surface area contributed by atoms with Crippen molar-refractivity contribution in [2.24, 2.45) is 10.8 Å². The van der Waals surface area contributed by atoms with E-state index in [4.69, 9.17) is 16.0 Å². The summed E-state index contributed by atoms with van der Waals surface area (Å²) in [4.78, 5) is 17.0. The second-order valence-electron chi connectivity index (χ2n) is 3.87. The number of hydrogen-bond donors (Lipinski definition) is 3. The van der Waals surface area contributed by atoms with E-state index < -0.39 is 30.4 Å². The zero-order valence-electron chi connectivity index (χ0n) is 9.57. The molecule has 4 unspecified atom stereocenters. The largest absolute Gasteiger partial charge is 0.388 e. The van der Waals surface area contributed by atoms with Crippen LogP contribution < -0.4 is 5.73 Å². The number of aliphatic hydroxyl groups excluding tert-OH is 2. The molecule has 0 saturated carbocycles. The molecule has 4 atom stereocenters. The molecular weight excluding hydrogens is 258 g/mol. The summed E-state index contributed by atoms with van der Waals surface area (Å²) in [6, 6.07) is 0. The number of primary amides is 1. The third-order valence-electron chi connectivity index (χ3n) is 2.65. The number of rotatable bonds is 4. The monoisotopic (exact) mass is 269 g/mol. The van der Waals surface area contributed by atoms with E-state index >= 15 is 0 Å². The lowest BCUT2D eigenvalue weighted by atomic mass is 10.1. The van der Waals surface area contributed by atoms with Gasteiger partial charge in [0.25, 0.3) is 5.91 Å². The maximum Gasteiger partial charge on any atom is 0.288 e. The lowest BCUT2D eigenvalue weighted by Gasteiger charge is -2.13. The minimum atomic E-state index is -1.29. The van der Waals surface area contributed by atoms with Crippen LogP contribution in [0.4, 0.5) is 0 Å². The van der Waals surface area contributed by atoms with Gasteiger partial charge in [0.2, 0.25) is 5.82 Å². The molecule has 11 heteroatoms. The molecule has 0 aromatic carbocycles. The van der Waals surface area contributed by atoms with E-state index in [0.717, 1.165) is 11.0 Å². The maximum absolute atomic E-state index is 10.9. The van der Waals surface area contributed by atoms with Crippen LogP contribution in [0.25, 0.3) is 10.4 Å². The number of nitrogens with two attached hydrogens (primary N) is 1. The molecule has 1 aliphatic rings. The Bertz CT molecular complexity index is 525. The van der Waals surface area contributed by atoms with Crippen molar-refractivity contribution in [2.75, 3.05) is 6.54 Å². The van der Waals surface area contributed by atoms with Crippen molar-refractivity contribution in [1.29, 1.82) is 0 Å². The number of azide groups is 1. The lowest BCUT2D eigenvalue weighted by Crippen LogP contribution is -2.32. The van der Waals surface area contributed by atoms with Gasteiger partial charge in [-0.05, 0) is 5.53 Å². The number of aliphatic hydroxyl groups is 2. The number of hydrogen-bond acceptors (Lipinski definition) is 7. The number of aromatic nitrogens is 3. The van der Waals surface area contributed by atoms with Gasteiger partial charge in [-0.1, -0.05) is 5.11 Å². The van der Waals surface area contributed by atoms with E-state index in [1.54, 1.807) is 0 Å². The summed E-state index contributed by atoms with van der Waals surface area (Å²) >= 11 is 0. The quantitative estimate of drug-likeness (QED) is 0.334. The molecule has 1 fully saturated rings. The fourth-order valence-corrected chi connectivity index (χ4v) is 1.73. The van der Waals surface area contributed by atoms with Gasteiger partial charge in [0.1, 0.15) is 18.5 Å². The Morgan fingerprint density at radius 3 is 2.95 bits per heavy atom. The van der Waals surface area contributed by atoms with Gasteiger partial charge in [-0.25, -0.2) is 9.67 Å². The Hall–Kier alpha value is -2.20. The first kappa shape index (κ1) is 13.2. The molecule has 0 spiro atoms. The van der Waals surface area contributed by atoms with Crippen LogP contribution in [0.1, 0.15) is 16.8 Å². The zero-order chi connectivity index (χ0) is 14.0. The number of carbonyl (C=O) groups excluding carboxylic acids is 1. The summed E-state index contributed by atoms with van der Waals surface area (Å²) < 4.78 is 6.38. The van der Waals surface area contributed by atoms with Gasteiger partial charge in [0.15, 0.2) is 6.23 Å². The molecule has 1 aliphatic heterocycles. The van der Waals surface area contributed by atoms with Gasteiger partial charge < -0.3 is 20.7 Å². The van der Waals surface area contributed by atoms with Crippen molar-refractivity contribution in [1.82, 2.24) is 14.8 Å². The molecule has 0 bridgehead atoms. The minimum Gasteiger partial charge on any atom is -0.388 e. The molecular formula is C8H11N7O4. The van der Waals surface area contributed by atoms with Crippen LogP contribution in [0.2, 0.25) is 0 Å². The molecule has 102 valence electrons. The van der Waals surface area contributed by atoms with Crippen molar-refractivity contribution in [3.05, 3.63) is 22.6 Å². The average molecular weight is 269 g/mol. The van der Waals surface area contributed by atoms with Gasteiger partial charge in [-0.3, -0.25) is 4.79 Å². The highest BCUT2D eigenvalue weighted by molar-refractivity contribution is 5.88. The molecule has 0 radical (unpaired) electrons. The topological polar surface area (TPSA) is 172 Å². The van der Waals surface area contributed by atoms with Crippen molar-refractivity contribution in [2.45, 2.75) is 24.5 Å². The summed E-state index contributed by atoms with van der Waals surface area (Å²) in [7, 11) is 0. The Morgan fingerprint density at radius 1 is 1.63 bits per heavy atom. The van der Waals surface area contributed by atoms with Crippen molar-refractivity contribution < 1.29 is 19.7 Å². The first-order valence-electron chi connectivity index (χ1n) is 5.28. The van der Waals surface area contributed by atoms with Gasteiger partial charge in [0.05, 0.1) is 12.6 Å². The molecule has 1 saturated heterocycles. The van der Waals surface area contributed by atoms with E-state index in [0.29, 0.717) is 0 Å². The smallest absolute Gasteiger partial charge is 0.288 e. The van der Waals surface area contributed by atoms with E-state index in [2.05, 4.69) is 20.1 Å². The molecule has 4 N–H and O–H groups in total. The normalized spacial score (nSPS) is 30.0. The van der Waals surface area contributed by atoms with Crippen LogP contribution in [0.3, 0.4) is 0 Å². The van der Waals surface area contributed by atoms with Gasteiger partial charge >= 0.3 is 0 Å². The summed E-state index contributed by atoms with van der Waals surface area (Å²) in [6.07, 6.45) is -3.28. The Balaban J connectivity index is 2.16. The zero-order valence-corrected chi connectivity index (χ0v) is 9.57. The highest BCUT2D eigenvalue weighted by Crippen LogP contribution is 2.28. The van der Waals surface area contributed by atoms with Crippen LogP contribution in [0.5, 0.6) is 0 Å². The molecule has 1 aromatic heterocycles. The fraction of sp³-hybridized carbons (Fsp3) is 0.625. The second-order valence-corrected chi connectivity index (χ2v) is 3.87. The van der Waals surface area contributed by atoms with Gasteiger partial charge in [0, 0.05) is 4.91 Å². The van der Waals surface area contributed by atoms with Crippen LogP contribution in [-0.2, 0) is 4.74 Å². The van der Waals surface area contributed by atoms with E-state index in [1.807, 2.05) is 0 Å². The molecule has 1 aromatic rings. The molecule has 11 nitrogen and oxygen atoms in total. The summed E-state index contributed by atoms with van der Waals surface area (Å²) in [5.41, 5.74) is 13.2. The fourth-order valence-electron chi connectivity index (χ4n) is 1.73. The average Bonchev–Trinajstić information content (AvgIpc) is 2.95. The molecule has 0 aliphatic carbocycles. The highest BCUT2D eigenvalue weighted by Gasteiger charge is 2.43. The first-order chi connectivity index (χ1) is 9.04. The predicted molar refractivity (Wildman–Crippen MR) is 58.5 cm³/mol. The molecule has 2 heterocycles. The lowest BCUT2D eigenvalue weighted by molar-refractivity contribution is -0.0420. The van der Waals surface area contributed by atoms with Crippen LogP contribution in [-0.4, -0.2) is 55.7 Å². The predicted octanol–water partition coefficient (Wildman–Crippen LogP) is -1.69. The number of carbonyl (C=O) groups is 1.